The van der Waals surface area contributed by atoms with Gasteiger partial charge in [-0.3, -0.25) is 13.9 Å². The fourth-order valence-corrected chi connectivity index (χ4v) is 5.38. The Morgan fingerprint density at radius 1 is 0.925 bits per heavy atom. The van der Waals surface area contributed by atoms with Gasteiger partial charge in [0.05, 0.1) is 11.9 Å². The van der Waals surface area contributed by atoms with Crippen molar-refractivity contribution >= 4 is 39.1 Å². The highest BCUT2D eigenvalue weighted by Gasteiger charge is 2.33. The number of carbonyl (C=O) groups excluding carboxylic acids is 2. The summed E-state index contributed by atoms with van der Waals surface area (Å²) in [5.74, 6) is -0.797. The van der Waals surface area contributed by atoms with Gasteiger partial charge < -0.3 is 10.2 Å². The molecule has 0 heterocycles. The first kappa shape index (κ1) is 31.2. The lowest BCUT2D eigenvalue weighted by Gasteiger charge is -2.34. The van der Waals surface area contributed by atoms with E-state index in [1.807, 2.05) is 70.2 Å². The minimum atomic E-state index is -3.82. The quantitative estimate of drug-likeness (QED) is 0.314. The Morgan fingerprint density at radius 2 is 1.60 bits per heavy atom. The van der Waals surface area contributed by atoms with Crippen molar-refractivity contribution in [3.8, 4) is 0 Å². The molecule has 3 aromatic rings. The number of hydrogen-bond donors (Lipinski definition) is 1. The number of hydrogen-bond acceptors (Lipinski definition) is 4. The Morgan fingerprint density at radius 3 is 2.20 bits per heavy atom. The second kappa shape index (κ2) is 13.8. The highest BCUT2D eigenvalue weighted by Crippen LogP contribution is 2.23. The lowest BCUT2D eigenvalue weighted by molar-refractivity contribution is -0.140. The standard InChI is InChI=1S/C31H38ClN3O4S/c1-6-24(4)33-31(37)29(19-25-11-8-7-9-12-25)34(20-26-13-10-14-27(32)18-26)30(36)21-35(40(5,38)39)28-16-15-22(2)23(3)17-28/h7-18,24,29H,6,19-21H2,1-5H3,(H,33,37)/t24-,29+/m0/s1. The van der Waals surface area contributed by atoms with Crippen LogP contribution in [0.2, 0.25) is 5.02 Å². The maximum atomic E-state index is 14.1. The number of benzene rings is 3. The smallest absolute Gasteiger partial charge is 0.244 e. The zero-order valence-electron chi connectivity index (χ0n) is 23.7. The molecule has 0 fully saturated rings. The molecular formula is C31H38ClN3O4S. The molecule has 0 aromatic heterocycles. The van der Waals surface area contributed by atoms with E-state index in [0.29, 0.717) is 10.7 Å². The molecule has 0 aliphatic carbocycles. The van der Waals surface area contributed by atoms with Gasteiger partial charge in [0.1, 0.15) is 12.6 Å². The van der Waals surface area contributed by atoms with Crippen molar-refractivity contribution in [2.24, 2.45) is 0 Å². The van der Waals surface area contributed by atoms with Crippen LogP contribution in [0.25, 0.3) is 0 Å². The Kier molecular flexibility index (Phi) is 10.8. The molecule has 1 N–H and O–H groups in total. The predicted octanol–water partition coefficient (Wildman–Crippen LogP) is 5.28. The fraction of sp³-hybridized carbons (Fsp3) is 0.355. The number of anilines is 1. The molecule has 9 heteroatoms. The van der Waals surface area contributed by atoms with Crippen molar-refractivity contribution in [1.29, 1.82) is 0 Å². The van der Waals surface area contributed by atoms with Crippen LogP contribution in [0.4, 0.5) is 5.69 Å². The van der Waals surface area contributed by atoms with E-state index in [-0.39, 0.29) is 24.9 Å². The fourth-order valence-electron chi connectivity index (χ4n) is 4.32. The van der Waals surface area contributed by atoms with E-state index in [1.54, 1.807) is 30.3 Å². The zero-order chi connectivity index (χ0) is 29.4. The second-order valence-electron chi connectivity index (χ2n) is 10.2. The van der Waals surface area contributed by atoms with Crippen LogP contribution >= 0.6 is 11.6 Å². The molecule has 0 aliphatic rings. The van der Waals surface area contributed by atoms with E-state index in [2.05, 4.69) is 5.32 Å². The molecule has 7 nitrogen and oxygen atoms in total. The van der Waals surface area contributed by atoms with Gasteiger partial charge in [0.2, 0.25) is 21.8 Å². The number of amides is 2. The molecule has 0 bridgehead atoms. The number of nitrogens with zero attached hydrogens (tertiary/aromatic N) is 2. The van der Waals surface area contributed by atoms with Gasteiger partial charge in [-0.05, 0) is 73.7 Å². The summed E-state index contributed by atoms with van der Waals surface area (Å²) in [6.45, 7) is 7.33. The van der Waals surface area contributed by atoms with Crippen LogP contribution in [0.5, 0.6) is 0 Å². The lowest BCUT2D eigenvalue weighted by atomic mass is 10.0. The van der Waals surface area contributed by atoms with E-state index in [1.165, 1.54) is 4.90 Å². The number of nitrogens with one attached hydrogen (secondary N) is 1. The molecule has 0 spiro atoms. The summed E-state index contributed by atoms with van der Waals surface area (Å²) < 4.78 is 26.9. The number of aryl methyl sites for hydroxylation is 2. The Hall–Kier alpha value is -3.36. The van der Waals surface area contributed by atoms with Crippen molar-refractivity contribution in [1.82, 2.24) is 10.2 Å². The zero-order valence-corrected chi connectivity index (χ0v) is 25.3. The molecule has 40 heavy (non-hydrogen) atoms. The highest BCUT2D eigenvalue weighted by molar-refractivity contribution is 7.92. The van der Waals surface area contributed by atoms with Crippen LogP contribution < -0.4 is 9.62 Å². The molecule has 0 aliphatic heterocycles. The van der Waals surface area contributed by atoms with Gasteiger partial charge in [-0.2, -0.15) is 0 Å². The van der Waals surface area contributed by atoms with Gasteiger partial charge in [0.25, 0.3) is 0 Å². The minimum Gasteiger partial charge on any atom is -0.352 e. The summed E-state index contributed by atoms with van der Waals surface area (Å²) in [7, 11) is -3.82. The minimum absolute atomic E-state index is 0.0787. The molecule has 0 radical (unpaired) electrons. The molecule has 3 rings (SSSR count). The average molecular weight is 584 g/mol. The van der Waals surface area contributed by atoms with Crippen LogP contribution in [0, 0.1) is 13.8 Å². The largest absolute Gasteiger partial charge is 0.352 e. The van der Waals surface area contributed by atoms with Crippen molar-refractivity contribution in [3.63, 3.8) is 0 Å². The van der Waals surface area contributed by atoms with Crippen molar-refractivity contribution < 1.29 is 18.0 Å². The first-order valence-corrected chi connectivity index (χ1v) is 15.5. The average Bonchev–Trinajstić information content (AvgIpc) is 2.90. The highest BCUT2D eigenvalue weighted by atomic mass is 35.5. The van der Waals surface area contributed by atoms with Crippen LogP contribution in [0.15, 0.2) is 72.8 Å². The Bertz CT molecular complexity index is 1430. The van der Waals surface area contributed by atoms with E-state index in [9.17, 15) is 18.0 Å². The van der Waals surface area contributed by atoms with E-state index in [4.69, 9.17) is 11.6 Å². The predicted molar refractivity (Wildman–Crippen MR) is 162 cm³/mol. The van der Waals surface area contributed by atoms with E-state index < -0.39 is 28.5 Å². The first-order valence-electron chi connectivity index (χ1n) is 13.3. The van der Waals surface area contributed by atoms with Crippen LogP contribution in [0.3, 0.4) is 0 Å². The molecule has 0 saturated carbocycles. The van der Waals surface area contributed by atoms with Gasteiger partial charge in [-0.25, -0.2) is 8.42 Å². The van der Waals surface area contributed by atoms with Gasteiger partial charge in [-0.15, -0.1) is 0 Å². The third-order valence-electron chi connectivity index (χ3n) is 6.97. The van der Waals surface area contributed by atoms with Crippen LogP contribution in [-0.4, -0.2) is 50.0 Å². The van der Waals surface area contributed by atoms with Crippen LogP contribution in [0.1, 0.15) is 42.5 Å². The summed E-state index contributed by atoms with van der Waals surface area (Å²) in [6, 6.07) is 20.8. The van der Waals surface area contributed by atoms with Crippen LogP contribution in [-0.2, 0) is 32.6 Å². The summed E-state index contributed by atoms with van der Waals surface area (Å²) in [5.41, 5.74) is 3.92. The molecule has 0 unspecified atom stereocenters. The molecule has 0 saturated heterocycles. The molecule has 2 atom stereocenters. The molecule has 3 aromatic carbocycles. The van der Waals surface area contributed by atoms with Gasteiger partial charge >= 0.3 is 0 Å². The summed E-state index contributed by atoms with van der Waals surface area (Å²) in [4.78, 5) is 29.3. The summed E-state index contributed by atoms with van der Waals surface area (Å²) >= 11 is 6.25. The number of sulfonamides is 1. The third-order valence-corrected chi connectivity index (χ3v) is 8.35. The first-order chi connectivity index (χ1) is 18.9. The molecule has 214 valence electrons. The van der Waals surface area contributed by atoms with Gasteiger partial charge in [0, 0.05) is 24.0 Å². The van der Waals surface area contributed by atoms with E-state index >= 15 is 0 Å². The maximum absolute atomic E-state index is 14.1. The number of rotatable bonds is 12. The summed E-state index contributed by atoms with van der Waals surface area (Å²) in [5, 5.41) is 3.52. The lowest BCUT2D eigenvalue weighted by Crippen LogP contribution is -2.54. The van der Waals surface area contributed by atoms with Crippen molar-refractivity contribution in [3.05, 3.63) is 100 Å². The third kappa shape index (κ3) is 8.57. The van der Waals surface area contributed by atoms with Gasteiger partial charge in [0.15, 0.2) is 0 Å². The van der Waals surface area contributed by atoms with Crippen molar-refractivity contribution in [2.75, 3.05) is 17.1 Å². The van der Waals surface area contributed by atoms with Gasteiger partial charge in [-0.1, -0.05) is 67.1 Å². The topological polar surface area (TPSA) is 86.8 Å². The monoisotopic (exact) mass is 583 g/mol. The number of halogens is 1. The molecule has 2 amide bonds. The SMILES string of the molecule is CC[C@H](C)NC(=O)[C@@H](Cc1ccccc1)N(Cc1cccc(Cl)c1)C(=O)CN(c1ccc(C)c(C)c1)S(C)(=O)=O. The normalized spacial score (nSPS) is 12.8. The Labute approximate surface area is 243 Å². The summed E-state index contributed by atoms with van der Waals surface area (Å²) in [6.07, 6.45) is 2.06. The Balaban J connectivity index is 2.07. The van der Waals surface area contributed by atoms with E-state index in [0.717, 1.165) is 39.2 Å². The maximum Gasteiger partial charge on any atom is 0.244 e. The second-order valence-corrected chi connectivity index (χ2v) is 12.6. The number of carbonyl (C=O) groups is 2. The van der Waals surface area contributed by atoms with Crippen molar-refractivity contribution in [2.45, 2.75) is 59.2 Å². The molecular weight excluding hydrogens is 546 g/mol.